The maximum atomic E-state index is 13.1. The molecule has 7 atom stereocenters. The molecule has 3 fully saturated rings. The molecule has 6 rings (SSSR count). The minimum atomic E-state index is -5.94. The summed E-state index contributed by atoms with van der Waals surface area (Å²) in [5.74, 6) is -1.45. The average molecular weight is 1130 g/mol. The van der Waals surface area contributed by atoms with Crippen LogP contribution in [0.3, 0.4) is 0 Å². The lowest BCUT2D eigenvalue weighted by molar-refractivity contribution is -0.347. The Morgan fingerprint density at radius 1 is 0.895 bits per heavy atom. The van der Waals surface area contributed by atoms with Crippen molar-refractivity contribution in [3.8, 4) is 0 Å². The molecule has 0 spiro atoms. The fourth-order valence-corrected chi connectivity index (χ4v) is 11.9. The summed E-state index contributed by atoms with van der Waals surface area (Å²) in [7, 11) is -17.7. The lowest BCUT2D eigenvalue weighted by Gasteiger charge is -2.36. The van der Waals surface area contributed by atoms with Gasteiger partial charge in [-0.3, -0.25) is 32.9 Å². The van der Waals surface area contributed by atoms with Crippen LogP contribution in [0, 0.1) is 10.8 Å². The van der Waals surface area contributed by atoms with Gasteiger partial charge in [0.2, 0.25) is 11.8 Å². The summed E-state index contributed by atoms with van der Waals surface area (Å²) in [6.07, 6.45) is 8.62. The summed E-state index contributed by atoms with van der Waals surface area (Å²) < 4.78 is 66.3. The van der Waals surface area contributed by atoms with Gasteiger partial charge < -0.3 is 73.8 Å². The Bertz CT molecular complexity index is 2610. The first-order valence-electron chi connectivity index (χ1n) is 25.4. The van der Waals surface area contributed by atoms with Crippen LogP contribution in [-0.2, 0) is 73.1 Å². The lowest BCUT2D eigenvalue weighted by atomic mass is 9.87. The number of aryl methyl sites for hydroxylation is 2. The number of fused-ring (bicyclic) bond motifs is 1. The molecule has 3 aromatic rings. The lowest BCUT2D eigenvalue weighted by Crippen LogP contribution is -2.46. The molecule has 3 aliphatic rings. The van der Waals surface area contributed by atoms with Gasteiger partial charge in [0.05, 0.1) is 27.4 Å². The average Bonchev–Trinajstić information content (AvgIpc) is 4.25. The Morgan fingerprint density at radius 2 is 1.53 bits per heavy atom. The number of aromatic nitrogens is 4. The maximum absolute atomic E-state index is 13.1. The molecule has 1 aliphatic heterocycles. The van der Waals surface area contributed by atoms with Crippen molar-refractivity contribution in [1.82, 2.24) is 30.2 Å². The van der Waals surface area contributed by atoms with Gasteiger partial charge in [0.25, 0.3) is 22.1 Å². The number of benzene rings is 1. The van der Waals surface area contributed by atoms with E-state index in [2.05, 4.69) is 67.7 Å². The van der Waals surface area contributed by atoms with Crippen LogP contribution in [0.2, 0.25) is 0 Å². The molecular weight excluding hydrogens is 1060 g/mol. The number of aliphatic hydroxyl groups excluding tert-OH is 2. The molecule has 2 aromatic heterocycles. The van der Waals surface area contributed by atoms with E-state index in [0.29, 0.717) is 6.47 Å². The largest absolute Gasteiger partial charge is 0.790 e. The third-order valence-electron chi connectivity index (χ3n) is 14.0. The van der Waals surface area contributed by atoms with Crippen molar-refractivity contribution < 1.29 is 90.0 Å². The van der Waals surface area contributed by atoms with Crippen molar-refractivity contribution in [3.05, 3.63) is 48.0 Å². The van der Waals surface area contributed by atoms with Crippen LogP contribution >= 0.6 is 23.5 Å². The van der Waals surface area contributed by atoms with Gasteiger partial charge in [0, 0.05) is 36.8 Å². The van der Waals surface area contributed by atoms with Gasteiger partial charge in [-0.05, 0) is 81.8 Å². The zero-order valence-corrected chi connectivity index (χ0v) is 45.2. The number of Topliss-reactive ketones (excluding diaryl/α,β-unsaturated/α-hetero) is 1. The number of phosphoric acid groups is 3. The van der Waals surface area contributed by atoms with Crippen LogP contribution in [0.25, 0.3) is 11.2 Å². The molecule has 3 heterocycles. The van der Waals surface area contributed by atoms with Gasteiger partial charge in [-0.25, -0.2) is 19.3 Å². The van der Waals surface area contributed by atoms with E-state index < -0.39 is 84.6 Å². The Balaban J connectivity index is 0.819. The second-order valence-electron chi connectivity index (χ2n) is 20.5. The molecule has 6 N–H and O–H groups in total. The summed E-state index contributed by atoms with van der Waals surface area (Å²) in [4.78, 5) is 109. The Morgan fingerprint density at radius 3 is 2.16 bits per heavy atom. The number of phosphoric ester groups is 3. The monoisotopic (exact) mass is 1130 g/mol. The highest BCUT2D eigenvalue weighted by molar-refractivity contribution is 7.59. The van der Waals surface area contributed by atoms with Crippen molar-refractivity contribution in [2.75, 3.05) is 32.0 Å². The van der Waals surface area contributed by atoms with Gasteiger partial charge >= 0.3 is 0 Å². The van der Waals surface area contributed by atoms with E-state index in [1.807, 2.05) is 0 Å². The number of anilines is 1. The predicted molar refractivity (Wildman–Crippen MR) is 261 cm³/mol. The van der Waals surface area contributed by atoms with E-state index in [9.17, 15) is 62.7 Å². The number of aliphatic hydroxyl groups is 2. The van der Waals surface area contributed by atoms with Crippen molar-refractivity contribution >= 4 is 64.5 Å². The molecule has 29 heteroatoms. The number of nitrogens with two attached hydrogens (primary N) is 1. The van der Waals surface area contributed by atoms with Gasteiger partial charge in [-0.1, -0.05) is 70.2 Å². The van der Waals surface area contributed by atoms with Gasteiger partial charge in [-0.2, -0.15) is 0 Å². The van der Waals surface area contributed by atoms with Crippen molar-refractivity contribution in [3.63, 3.8) is 0 Å². The number of nitrogens with zero attached hydrogens (tertiary/aromatic N) is 4. The quantitative estimate of drug-likeness (QED) is 0.0316. The summed E-state index contributed by atoms with van der Waals surface area (Å²) in [6.45, 7) is 0.604. The van der Waals surface area contributed by atoms with E-state index in [-0.39, 0.29) is 59.7 Å². The Labute approximate surface area is 440 Å². The number of hydrogen-bond acceptors (Lipinski definition) is 23. The molecule has 7 unspecified atom stereocenters. The number of hydrogen-bond donors (Lipinski definition) is 5. The molecule has 0 bridgehead atoms. The first-order chi connectivity index (χ1) is 35.9. The SMILES string of the molecule is CC(C)(COP(=O)([O-])OP(=O)([O-])OCC1OC(n2cnc3c(N)ncnc32)C(O)C1OP(=O)([O-])[O-])C(O)C(=O)NCCC(=O)NCCC(=O)C1(CCCCCCc2cccc(CCCCCCC3(OC=O)CC3)c2)CC1. The fourth-order valence-electron chi connectivity index (χ4n) is 9.20. The van der Waals surface area contributed by atoms with Crippen LogP contribution < -0.4 is 35.9 Å². The number of rotatable bonds is 36. The standard InChI is InChI=1S/C47H72N7O19P3/c1-45(2,28-70-76(66,67)73-75(64,65)69-27-34-39(72-74(61,62)63)38(58)44(71-34)54-30-53-37-41(48)51-29-52-42(37)54)40(59)43(60)50-25-17-36(57)49-24-16-35(56)46(20-21-46)18-9-5-3-7-12-32-14-11-15-33(26-32)13-8-4-6-10-19-47(22-23-47)68-31-55/h11,14-15,26,29-31,34,38-40,44,58-59H,3-10,12-13,16-25,27-28H2,1-2H3,(H,49,57)(H,50,60)(H,64,65)(H,66,67)(H2,48,51,52)(H2,61,62,63)/p-4. The van der Waals surface area contributed by atoms with Gasteiger partial charge in [0.1, 0.15) is 47.6 Å². The van der Waals surface area contributed by atoms with Crippen LogP contribution in [0.1, 0.15) is 134 Å². The van der Waals surface area contributed by atoms with Crippen molar-refractivity contribution in [1.29, 1.82) is 0 Å². The summed E-state index contributed by atoms with van der Waals surface area (Å²) in [5.41, 5.74) is 6.27. The molecule has 26 nitrogen and oxygen atoms in total. The summed E-state index contributed by atoms with van der Waals surface area (Å²) in [5, 5.41) is 26.6. The normalized spacial score (nSPS) is 21.8. The zero-order valence-electron chi connectivity index (χ0n) is 42.5. The van der Waals surface area contributed by atoms with Crippen LogP contribution in [0.4, 0.5) is 5.82 Å². The Hall–Kier alpha value is -4.10. The number of nitrogens with one attached hydrogen (secondary N) is 2. The highest BCUT2D eigenvalue weighted by Gasteiger charge is 2.49. The molecule has 2 saturated carbocycles. The number of carbonyl (C=O) groups is 4. The number of carbonyl (C=O) groups excluding carboxylic acids is 4. The number of amides is 2. The molecule has 76 heavy (non-hydrogen) atoms. The number of nitrogen functional groups attached to an aromatic ring is 1. The molecule has 424 valence electrons. The Kier molecular flexibility index (Phi) is 21.5. The number of ether oxygens (including phenoxy) is 2. The molecule has 1 aromatic carbocycles. The summed E-state index contributed by atoms with van der Waals surface area (Å²) in [6, 6.07) is 8.80. The van der Waals surface area contributed by atoms with E-state index in [1.54, 1.807) is 0 Å². The van der Waals surface area contributed by atoms with Gasteiger partial charge in [-0.15, -0.1) is 0 Å². The number of imidazole rings is 1. The van der Waals surface area contributed by atoms with E-state index in [1.165, 1.54) is 25.0 Å². The molecule has 1 saturated heterocycles. The number of unbranched alkanes of at least 4 members (excludes halogenated alkanes) is 6. The third-order valence-corrected chi connectivity index (χ3v) is 17.0. The maximum Gasteiger partial charge on any atom is 0.293 e. The van der Waals surface area contributed by atoms with Crippen LogP contribution in [0.15, 0.2) is 36.9 Å². The molecular formula is C47H68N7O19P3-4. The van der Waals surface area contributed by atoms with E-state index in [4.69, 9.17) is 15.2 Å². The van der Waals surface area contributed by atoms with Crippen molar-refractivity contribution in [2.24, 2.45) is 10.8 Å². The minimum absolute atomic E-state index is 0.0224. The minimum Gasteiger partial charge on any atom is -0.790 e. The van der Waals surface area contributed by atoms with E-state index >= 15 is 0 Å². The fraction of sp³-hybridized carbons (Fsp3) is 0.681. The van der Waals surface area contributed by atoms with Crippen LogP contribution in [-0.4, -0.2) is 110 Å². The molecule has 2 aliphatic carbocycles. The topological polar surface area (TPSA) is 401 Å². The van der Waals surface area contributed by atoms with Crippen molar-refractivity contribution in [2.45, 2.75) is 166 Å². The first-order valence-corrected chi connectivity index (χ1v) is 29.8. The zero-order chi connectivity index (χ0) is 55.4. The third kappa shape index (κ3) is 18.2. The second kappa shape index (κ2) is 26.7. The highest BCUT2D eigenvalue weighted by atomic mass is 31.3. The smallest absolute Gasteiger partial charge is 0.293 e. The highest BCUT2D eigenvalue weighted by Crippen LogP contribution is 2.57. The van der Waals surface area contributed by atoms with Gasteiger partial charge in [0.15, 0.2) is 17.7 Å². The second-order valence-corrected chi connectivity index (χ2v) is 24.5. The predicted octanol–water partition coefficient (Wildman–Crippen LogP) is 2.01. The molecule has 0 radical (unpaired) electrons. The van der Waals surface area contributed by atoms with E-state index in [0.717, 1.165) is 120 Å². The molecule has 2 amide bonds. The number of ketones is 1. The van der Waals surface area contributed by atoms with Crippen LogP contribution in [0.5, 0.6) is 0 Å². The summed E-state index contributed by atoms with van der Waals surface area (Å²) >= 11 is 0. The first kappa shape index (κ1) is 61.1.